The summed E-state index contributed by atoms with van der Waals surface area (Å²) in [6.07, 6.45) is 5.31. The Balaban J connectivity index is 1.96. The fourth-order valence-corrected chi connectivity index (χ4v) is 4.92. The highest BCUT2D eigenvalue weighted by atomic mass is 32.2. The van der Waals surface area contributed by atoms with Gasteiger partial charge in [-0.1, -0.05) is 0 Å². The van der Waals surface area contributed by atoms with E-state index in [1.807, 2.05) is 0 Å². The molecule has 1 saturated heterocycles. The molecular formula is C10H16O3S. The second-order valence-corrected chi connectivity index (χ2v) is 6.89. The molecule has 0 N–H and O–H groups in total. The van der Waals surface area contributed by atoms with E-state index in [-0.39, 0.29) is 5.41 Å². The van der Waals surface area contributed by atoms with Gasteiger partial charge in [-0.05, 0) is 37.0 Å². The fraction of sp³-hybridized carbons (Fsp3) is 0.900. The first-order valence-corrected chi connectivity index (χ1v) is 7.04. The molecule has 0 bridgehead atoms. The summed E-state index contributed by atoms with van der Waals surface area (Å²) in [5, 5.41) is 0. The highest BCUT2D eigenvalue weighted by Crippen LogP contribution is 2.60. The van der Waals surface area contributed by atoms with Crippen molar-refractivity contribution in [1.82, 2.24) is 0 Å². The van der Waals surface area contributed by atoms with Crippen LogP contribution >= 0.6 is 0 Å². The van der Waals surface area contributed by atoms with Crippen LogP contribution in [0.1, 0.15) is 32.1 Å². The van der Waals surface area contributed by atoms with Crippen LogP contribution in [0.3, 0.4) is 0 Å². The Morgan fingerprint density at radius 3 is 2.86 bits per heavy atom. The molecule has 1 spiro atoms. The standard InChI is InChI=1S/C10H16O3S/c11-5-1-3-9-7-10(9)4-2-6-14(12,13)8-10/h5,9H,1-4,6-8H2. The van der Waals surface area contributed by atoms with E-state index in [1.54, 1.807) is 0 Å². The van der Waals surface area contributed by atoms with Crippen molar-refractivity contribution in [3.63, 3.8) is 0 Å². The number of carbonyl (C=O) groups excluding carboxylic acids is 1. The summed E-state index contributed by atoms with van der Waals surface area (Å²) in [6.45, 7) is 0. The molecule has 2 fully saturated rings. The summed E-state index contributed by atoms with van der Waals surface area (Å²) in [5.41, 5.74) is 0.0834. The lowest BCUT2D eigenvalue weighted by atomic mass is 9.97. The molecule has 0 aromatic heterocycles. The van der Waals surface area contributed by atoms with E-state index in [1.165, 1.54) is 0 Å². The third kappa shape index (κ3) is 1.85. The largest absolute Gasteiger partial charge is 0.303 e. The maximum absolute atomic E-state index is 11.5. The molecule has 2 atom stereocenters. The fourth-order valence-electron chi connectivity index (χ4n) is 2.82. The lowest BCUT2D eigenvalue weighted by Gasteiger charge is -2.22. The Labute approximate surface area is 84.8 Å². The minimum Gasteiger partial charge on any atom is -0.303 e. The first kappa shape index (κ1) is 10.1. The molecule has 1 aliphatic heterocycles. The van der Waals surface area contributed by atoms with E-state index < -0.39 is 9.84 Å². The molecule has 0 amide bonds. The Hall–Kier alpha value is -0.380. The van der Waals surface area contributed by atoms with Gasteiger partial charge in [0.2, 0.25) is 0 Å². The number of hydrogen-bond acceptors (Lipinski definition) is 3. The van der Waals surface area contributed by atoms with E-state index in [0.717, 1.165) is 32.0 Å². The SMILES string of the molecule is O=CCCC1CC12CCCS(=O)(=O)C2. The number of hydrogen-bond donors (Lipinski definition) is 0. The Morgan fingerprint density at radius 2 is 2.21 bits per heavy atom. The summed E-state index contributed by atoms with van der Waals surface area (Å²) in [6, 6.07) is 0. The maximum atomic E-state index is 11.5. The van der Waals surface area contributed by atoms with Gasteiger partial charge >= 0.3 is 0 Å². The van der Waals surface area contributed by atoms with Gasteiger partial charge in [0.25, 0.3) is 0 Å². The van der Waals surface area contributed by atoms with Gasteiger partial charge in [0.1, 0.15) is 6.29 Å². The number of sulfone groups is 1. The van der Waals surface area contributed by atoms with Crippen LogP contribution in [0.2, 0.25) is 0 Å². The quantitative estimate of drug-likeness (QED) is 0.666. The van der Waals surface area contributed by atoms with E-state index in [4.69, 9.17) is 0 Å². The molecule has 1 heterocycles. The van der Waals surface area contributed by atoms with Crippen molar-refractivity contribution in [1.29, 1.82) is 0 Å². The molecule has 4 heteroatoms. The van der Waals surface area contributed by atoms with Crippen LogP contribution in [-0.4, -0.2) is 26.2 Å². The van der Waals surface area contributed by atoms with Gasteiger partial charge in [0.05, 0.1) is 11.5 Å². The molecule has 1 saturated carbocycles. The van der Waals surface area contributed by atoms with E-state index in [9.17, 15) is 13.2 Å². The Bertz CT molecular complexity index is 333. The third-order valence-electron chi connectivity index (χ3n) is 3.63. The predicted octanol–water partition coefficient (Wildman–Crippen LogP) is 1.18. The van der Waals surface area contributed by atoms with Crippen LogP contribution in [0, 0.1) is 11.3 Å². The molecule has 1 aliphatic carbocycles. The topological polar surface area (TPSA) is 51.2 Å². The third-order valence-corrected chi connectivity index (χ3v) is 5.55. The first-order valence-electron chi connectivity index (χ1n) is 5.22. The molecule has 3 nitrogen and oxygen atoms in total. The smallest absolute Gasteiger partial charge is 0.150 e. The molecule has 0 radical (unpaired) electrons. The highest BCUT2D eigenvalue weighted by Gasteiger charge is 2.56. The second-order valence-electron chi connectivity index (χ2n) is 4.70. The lowest BCUT2D eigenvalue weighted by Crippen LogP contribution is -2.27. The van der Waals surface area contributed by atoms with Gasteiger partial charge in [0, 0.05) is 6.42 Å². The van der Waals surface area contributed by atoms with Crippen LogP contribution < -0.4 is 0 Å². The summed E-state index contributed by atoms with van der Waals surface area (Å²) in [7, 11) is -2.77. The number of rotatable bonds is 3. The van der Waals surface area contributed by atoms with E-state index in [2.05, 4.69) is 0 Å². The van der Waals surface area contributed by atoms with Gasteiger partial charge in [-0.2, -0.15) is 0 Å². The van der Waals surface area contributed by atoms with Crippen LogP contribution in [-0.2, 0) is 14.6 Å². The van der Waals surface area contributed by atoms with Crippen molar-refractivity contribution in [2.24, 2.45) is 11.3 Å². The average Bonchev–Trinajstić information content (AvgIpc) is 2.72. The zero-order chi connectivity index (χ0) is 10.2. The second kappa shape index (κ2) is 3.33. The molecule has 0 aromatic carbocycles. The van der Waals surface area contributed by atoms with Crippen molar-refractivity contribution < 1.29 is 13.2 Å². The first-order chi connectivity index (χ1) is 6.58. The Kier molecular flexibility index (Phi) is 2.41. The summed E-state index contributed by atoms with van der Waals surface area (Å²) in [5.74, 6) is 1.25. The number of carbonyl (C=O) groups is 1. The van der Waals surface area contributed by atoms with Crippen molar-refractivity contribution >= 4 is 16.1 Å². The van der Waals surface area contributed by atoms with Crippen LogP contribution in [0.4, 0.5) is 0 Å². The minimum atomic E-state index is -2.77. The monoisotopic (exact) mass is 216 g/mol. The molecule has 80 valence electrons. The molecule has 2 rings (SSSR count). The average molecular weight is 216 g/mol. The zero-order valence-electron chi connectivity index (χ0n) is 8.24. The minimum absolute atomic E-state index is 0.0834. The van der Waals surface area contributed by atoms with Crippen molar-refractivity contribution in [3.8, 4) is 0 Å². The zero-order valence-corrected chi connectivity index (χ0v) is 9.05. The van der Waals surface area contributed by atoms with Crippen molar-refractivity contribution in [2.45, 2.75) is 32.1 Å². The Morgan fingerprint density at radius 1 is 1.43 bits per heavy atom. The van der Waals surface area contributed by atoms with Crippen LogP contribution in [0.5, 0.6) is 0 Å². The lowest BCUT2D eigenvalue weighted by molar-refractivity contribution is -0.108. The van der Waals surface area contributed by atoms with Gasteiger partial charge < -0.3 is 4.79 Å². The van der Waals surface area contributed by atoms with E-state index >= 15 is 0 Å². The maximum Gasteiger partial charge on any atom is 0.150 e. The molecule has 2 unspecified atom stereocenters. The van der Waals surface area contributed by atoms with Gasteiger partial charge in [-0.3, -0.25) is 0 Å². The molecule has 14 heavy (non-hydrogen) atoms. The molecular weight excluding hydrogens is 200 g/mol. The summed E-state index contributed by atoms with van der Waals surface area (Å²) < 4.78 is 22.9. The van der Waals surface area contributed by atoms with Crippen LogP contribution in [0.15, 0.2) is 0 Å². The molecule has 2 aliphatic rings. The van der Waals surface area contributed by atoms with Crippen molar-refractivity contribution in [2.75, 3.05) is 11.5 Å². The van der Waals surface area contributed by atoms with Crippen molar-refractivity contribution in [3.05, 3.63) is 0 Å². The normalized spacial score (nSPS) is 39.6. The number of aldehydes is 1. The summed E-state index contributed by atoms with van der Waals surface area (Å²) in [4.78, 5) is 10.2. The predicted molar refractivity (Wildman–Crippen MR) is 53.7 cm³/mol. The molecule has 0 aromatic rings. The summed E-state index contributed by atoms with van der Waals surface area (Å²) >= 11 is 0. The van der Waals surface area contributed by atoms with Crippen LogP contribution in [0.25, 0.3) is 0 Å². The van der Waals surface area contributed by atoms with Gasteiger partial charge in [0.15, 0.2) is 9.84 Å². The highest BCUT2D eigenvalue weighted by molar-refractivity contribution is 7.91. The van der Waals surface area contributed by atoms with Gasteiger partial charge in [-0.15, -0.1) is 0 Å². The van der Waals surface area contributed by atoms with Gasteiger partial charge in [-0.25, -0.2) is 8.42 Å². The van der Waals surface area contributed by atoms with E-state index in [0.29, 0.717) is 23.8 Å².